The highest BCUT2D eigenvalue weighted by atomic mass is 16.5. The standard InChI is InChI=1S/C13H22N2O4/c1-8-3-5-15(11(8)12(16)17)13(18)14-7-10-4-6-19-9(10)2/h8-11H,3-7H2,1-2H3,(H,14,18)(H,16,17). The molecule has 2 N–H and O–H groups in total. The Hall–Kier alpha value is -1.30. The Kier molecular flexibility index (Phi) is 4.29. The van der Waals surface area contributed by atoms with Crippen molar-refractivity contribution in [3.05, 3.63) is 0 Å². The Morgan fingerprint density at radius 2 is 2.11 bits per heavy atom. The van der Waals surface area contributed by atoms with Crippen LogP contribution < -0.4 is 5.32 Å². The number of aliphatic carboxylic acids is 1. The SMILES string of the molecule is CC1CCN(C(=O)NCC2CCOC2C)C1C(=O)O. The van der Waals surface area contributed by atoms with Crippen molar-refractivity contribution in [1.29, 1.82) is 0 Å². The van der Waals surface area contributed by atoms with Gasteiger partial charge in [-0.25, -0.2) is 9.59 Å². The number of rotatable bonds is 3. The maximum absolute atomic E-state index is 12.1. The molecule has 0 aromatic heterocycles. The smallest absolute Gasteiger partial charge is 0.326 e. The molecule has 0 radical (unpaired) electrons. The van der Waals surface area contributed by atoms with Gasteiger partial charge in [0.1, 0.15) is 6.04 Å². The van der Waals surface area contributed by atoms with E-state index in [1.54, 1.807) is 0 Å². The summed E-state index contributed by atoms with van der Waals surface area (Å²) < 4.78 is 5.44. The minimum Gasteiger partial charge on any atom is -0.480 e. The molecule has 2 rings (SSSR count). The number of carbonyl (C=O) groups excluding carboxylic acids is 1. The van der Waals surface area contributed by atoms with Crippen LogP contribution in [-0.4, -0.2) is 53.8 Å². The summed E-state index contributed by atoms with van der Waals surface area (Å²) in [6, 6.07) is -0.965. The van der Waals surface area contributed by atoms with E-state index >= 15 is 0 Å². The maximum atomic E-state index is 12.1. The Balaban J connectivity index is 1.87. The van der Waals surface area contributed by atoms with Crippen molar-refractivity contribution in [2.45, 2.75) is 38.8 Å². The number of carboxylic acids is 1. The molecule has 0 aromatic carbocycles. The number of amides is 2. The first-order valence-electron chi connectivity index (χ1n) is 6.89. The molecule has 2 fully saturated rings. The summed E-state index contributed by atoms with van der Waals surface area (Å²) >= 11 is 0. The van der Waals surface area contributed by atoms with Gasteiger partial charge in [-0.2, -0.15) is 0 Å². The molecule has 2 heterocycles. The Bertz CT molecular complexity index is 361. The Labute approximate surface area is 113 Å². The van der Waals surface area contributed by atoms with Crippen LogP contribution in [0.25, 0.3) is 0 Å². The van der Waals surface area contributed by atoms with Gasteiger partial charge in [-0.15, -0.1) is 0 Å². The van der Waals surface area contributed by atoms with Crippen LogP contribution in [0.15, 0.2) is 0 Å². The van der Waals surface area contributed by atoms with Gasteiger partial charge in [0.25, 0.3) is 0 Å². The number of hydrogen-bond acceptors (Lipinski definition) is 3. The minimum absolute atomic E-state index is 0.0111. The van der Waals surface area contributed by atoms with Gasteiger partial charge < -0.3 is 20.1 Å². The van der Waals surface area contributed by atoms with Gasteiger partial charge in [0.15, 0.2) is 0 Å². The molecule has 0 spiro atoms. The predicted molar refractivity (Wildman–Crippen MR) is 68.8 cm³/mol. The normalized spacial score (nSPS) is 34.5. The summed E-state index contributed by atoms with van der Waals surface area (Å²) in [7, 11) is 0. The number of nitrogens with one attached hydrogen (secondary N) is 1. The van der Waals surface area contributed by atoms with Gasteiger partial charge in [0, 0.05) is 25.6 Å². The van der Waals surface area contributed by atoms with Crippen LogP contribution in [0.2, 0.25) is 0 Å². The monoisotopic (exact) mass is 270 g/mol. The highest BCUT2D eigenvalue weighted by molar-refractivity contribution is 5.83. The van der Waals surface area contributed by atoms with Crippen molar-refractivity contribution < 1.29 is 19.4 Å². The molecule has 2 saturated heterocycles. The Morgan fingerprint density at radius 1 is 1.37 bits per heavy atom. The highest BCUT2D eigenvalue weighted by Crippen LogP contribution is 2.24. The summed E-state index contributed by atoms with van der Waals surface area (Å²) in [6.07, 6.45) is 1.85. The molecule has 0 aromatic rings. The van der Waals surface area contributed by atoms with Gasteiger partial charge in [-0.05, 0) is 25.7 Å². The highest BCUT2D eigenvalue weighted by Gasteiger charge is 2.39. The third-order valence-electron chi connectivity index (χ3n) is 4.26. The number of ether oxygens (including phenoxy) is 1. The first kappa shape index (κ1) is 14.1. The molecule has 108 valence electrons. The van der Waals surface area contributed by atoms with Crippen molar-refractivity contribution in [1.82, 2.24) is 10.2 Å². The second-order valence-corrected chi connectivity index (χ2v) is 5.55. The van der Waals surface area contributed by atoms with E-state index in [0.29, 0.717) is 19.0 Å². The van der Waals surface area contributed by atoms with Crippen LogP contribution in [0.1, 0.15) is 26.7 Å². The van der Waals surface area contributed by atoms with Gasteiger partial charge in [-0.3, -0.25) is 0 Å². The molecule has 2 aliphatic rings. The fourth-order valence-corrected chi connectivity index (χ4v) is 2.92. The molecule has 2 aliphatic heterocycles. The molecule has 0 aliphatic carbocycles. The van der Waals surface area contributed by atoms with E-state index in [1.807, 2.05) is 13.8 Å². The van der Waals surface area contributed by atoms with E-state index in [4.69, 9.17) is 4.74 Å². The molecule has 0 bridgehead atoms. The summed E-state index contributed by atoms with van der Waals surface area (Å²) in [4.78, 5) is 24.7. The molecule has 0 saturated carbocycles. The van der Waals surface area contributed by atoms with Gasteiger partial charge >= 0.3 is 12.0 Å². The zero-order chi connectivity index (χ0) is 14.0. The lowest BCUT2D eigenvalue weighted by Crippen LogP contribution is -2.48. The summed E-state index contributed by atoms with van der Waals surface area (Å²) in [6.45, 7) is 5.68. The van der Waals surface area contributed by atoms with Crippen molar-refractivity contribution in [2.24, 2.45) is 11.8 Å². The third-order valence-corrected chi connectivity index (χ3v) is 4.26. The maximum Gasteiger partial charge on any atom is 0.326 e. The number of urea groups is 1. The van der Waals surface area contributed by atoms with E-state index in [2.05, 4.69) is 5.32 Å². The lowest BCUT2D eigenvalue weighted by molar-refractivity contribution is -0.142. The molecular formula is C13H22N2O4. The average Bonchev–Trinajstić information content (AvgIpc) is 2.92. The van der Waals surface area contributed by atoms with Gasteiger partial charge in [0.2, 0.25) is 0 Å². The average molecular weight is 270 g/mol. The molecule has 19 heavy (non-hydrogen) atoms. The van der Waals surface area contributed by atoms with E-state index in [-0.39, 0.29) is 18.1 Å². The van der Waals surface area contributed by atoms with Crippen LogP contribution in [0.3, 0.4) is 0 Å². The second-order valence-electron chi connectivity index (χ2n) is 5.55. The van der Waals surface area contributed by atoms with Crippen LogP contribution in [0.5, 0.6) is 0 Å². The molecular weight excluding hydrogens is 248 g/mol. The third kappa shape index (κ3) is 3.00. The quantitative estimate of drug-likeness (QED) is 0.799. The van der Waals surface area contributed by atoms with Crippen LogP contribution in [0, 0.1) is 11.8 Å². The zero-order valence-corrected chi connectivity index (χ0v) is 11.5. The number of nitrogens with zero attached hydrogens (tertiary/aromatic N) is 1. The number of likely N-dealkylation sites (tertiary alicyclic amines) is 1. The fraction of sp³-hybridized carbons (Fsp3) is 0.846. The first-order chi connectivity index (χ1) is 9.00. The first-order valence-corrected chi connectivity index (χ1v) is 6.89. The fourth-order valence-electron chi connectivity index (χ4n) is 2.92. The summed E-state index contributed by atoms with van der Waals surface area (Å²) in [5.41, 5.74) is 0. The summed E-state index contributed by atoms with van der Waals surface area (Å²) in [5.74, 6) is -0.582. The predicted octanol–water partition coefficient (Wildman–Crippen LogP) is 0.916. The van der Waals surface area contributed by atoms with E-state index in [0.717, 1.165) is 19.4 Å². The topological polar surface area (TPSA) is 78.9 Å². The zero-order valence-electron chi connectivity index (χ0n) is 11.5. The molecule has 4 atom stereocenters. The van der Waals surface area contributed by atoms with Crippen molar-refractivity contribution in [3.8, 4) is 0 Å². The van der Waals surface area contributed by atoms with Crippen LogP contribution in [0.4, 0.5) is 4.79 Å². The van der Waals surface area contributed by atoms with Gasteiger partial charge in [0.05, 0.1) is 6.10 Å². The van der Waals surface area contributed by atoms with Crippen LogP contribution in [-0.2, 0) is 9.53 Å². The molecule has 4 unspecified atom stereocenters. The van der Waals surface area contributed by atoms with Crippen LogP contribution >= 0.6 is 0 Å². The van der Waals surface area contributed by atoms with E-state index in [1.165, 1.54) is 4.90 Å². The van der Waals surface area contributed by atoms with Gasteiger partial charge in [-0.1, -0.05) is 6.92 Å². The lowest BCUT2D eigenvalue weighted by atomic mass is 10.0. The Morgan fingerprint density at radius 3 is 2.68 bits per heavy atom. The number of hydrogen-bond donors (Lipinski definition) is 2. The summed E-state index contributed by atoms with van der Waals surface area (Å²) in [5, 5.41) is 12.0. The van der Waals surface area contributed by atoms with E-state index in [9.17, 15) is 14.7 Å². The largest absolute Gasteiger partial charge is 0.480 e. The van der Waals surface area contributed by atoms with E-state index < -0.39 is 12.0 Å². The molecule has 2 amide bonds. The number of carboxylic acid groups (broad SMARTS) is 1. The van der Waals surface area contributed by atoms with Crippen molar-refractivity contribution in [2.75, 3.05) is 19.7 Å². The number of carbonyl (C=O) groups is 2. The van der Waals surface area contributed by atoms with Crippen molar-refractivity contribution >= 4 is 12.0 Å². The van der Waals surface area contributed by atoms with Crippen molar-refractivity contribution in [3.63, 3.8) is 0 Å². The second kappa shape index (κ2) is 5.77. The molecule has 6 nitrogen and oxygen atoms in total. The lowest BCUT2D eigenvalue weighted by Gasteiger charge is -2.25. The molecule has 6 heteroatoms. The minimum atomic E-state index is -0.919.